The number of fused-ring (bicyclic) bond motifs is 1. The summed E-state index contributed by atoms with van der Waals surface area (Å²) < 4.78 is 0. The fraction of sp³-hybridized carbons (Fsp3) is 0.438. The van der Waals surface area contributed by atoms with Crippen LogP contribution in [0.25, 0.3) is 11.1 Å². The van der Waals surface area contributed by atoms with Gasteiger partial charge in [-0.3, -0.25) is 24.5 Å². The molecule has 1 unspecified atom stereocenters. The van der Waals surface area contributed by atoms with Crippen molar-refractivity contribution in [3.05, 3.63) is 82.9 Å². The molecular formula is C32H35N5O2. The van der Waals surface area contributed by atoms with Gasteiger partial charge < -0.3 is 10.6 Å². The zero-order valence-corrected chi connectivity index (χ0v) is 22.3. The SMILES string of the molecule is NC(=O)c1ccc(-c2ccc3c(c2)CCC3N2CC3(CCN(C(=O)Cc4ccc(C5CC5)cn4)CC3)C2)cn1. The van der Waals surface area contributed by atoms with E-state index in [0.29, 0.717) is 23.8 Å². The van der Waals surface area contributed by atoms with Crippen LogP contribution >= 0.6 is 0 Å². The van der Waals surface area contributed by atoms with E-state index in [1.807, 2.05) is 18.3 Å². The van der Waals surface area contributed by atoms with E-state index in [0.717, 1.165) is 68.7 Å². The van der Waals surface area contributed by atoms with Crippen molar-refractivity contribution in [2.45, 2.75) is 56.9 Å². The van der Waals surface area contributed by atoms with Crippen molar-refractivity contribution in [1.29, 1.82) is 0 Å². The molecule has 39 heavy (non-hydrogen) atoms. The van der Waals surface area contributed by atoms with Gasteiger partial charge in [0.1, 0.15) is 5.69 Å². The third kappa shape index (κ3) is 4.73. The fourth-order valence-electron chi connectivity index (χ4n) is 6.91. The lowest BCUT2D eigenvalue weighted by atomic mass is 9.71. The van der Waals surface area contributed by atoms with Crippen LogP contribution in [0.15, 0.2) is 54.9 Å². The van der Waals surface area contributed by atoms with E-state index >= 15 is 0 Å². The van der Waals surface area contributed by atoms with Gasteiger partial charge in [-0.05, 0) is 84.2 Å². The Balaban J connectivity index is 0.930. The number of amides is 2. The molecule has 1 aromatic carbocycles. The third-order valence-corrected chi connectivity index (χ3v) is 9.46. The van der Waals surface area contributed by atoms with Crippen molar-refractivity contribution in [2.24, 2.45) is 11.1 Å². The highest BCUT2D eigenvalue weighted by molar-refractivity contribution is 5.91. The van der Waals surface area contributed by atoms with Gasteiger partial charge in [-0.1, -0.05) is 30.3 Å². The van der Waals surface area contributed by atoms with Crippen molar-refractivity contribution >= 4 is 11.8 Å². The Morgan fingerprint density at radius 2 is 1.72 bits per heavy atom. The first-order chi connectivity index (χ1) is 19.0. The van der Waals surface area contributed by atoms with Gasteiger partial charge in [-0.25, -0.2) is 0 Å². The fourth-order valence-corrected chi connectivity index (χ4v) is 6.91. The highest BCUT2D eigenvalue weighted by atomic mass is 16.2. The molecule has 2 N–H and O–H groups in total. The molecule has 200 valence electrons. The maximum atomic E-state index is 13.0. The smallest absolute Gasteiger partial charge is 0.267 e. The zero-order valence-electron chi connectivity index (χ0n) is 22.3. The van der Waals surface area contributed by atoms with Crippen LogP contribution in [0.1, 0.15) is 76.9 Å². The van der Waals surface area contributed by atoms with Crippen LogP contribution in [0.3, 0.4) is 0 Å². The lowest BCUT2D eigenvalue weighted by Crippen LogP contribution is -2.61. The summed E-state index contributed by atoms with van der Waals surface area (Å²) in [7, 11) is 0. The van der Waals surface area contributed by atoms with Crippen LogP contribution in [0, 0.1) is 5.41 Å². The number of aromatic nitrogens is 2. The average molecular weight is 522 g/mol. The van der Waals surface area contributed by atoms with E-state index in [2.05, 4.69) is 44.0 Å². The summed E-state index contributed by atoms with van der Waals surface area (Å²) in [5.74, 6) is 0.409. The van der Waals surface area contributed by atoms with Gasteiger partial charge in [0.05, 0.1) is 6.42 Å². The summed E-state index contributed by atoms with van der Waals surface area (Å²) in [5, 5.41) is 0. The van der Waals surface area contributed by atoms with Gasteiger partial charge in [0.25, 0.3) is 5.91 Å². The van der Waals surface area contributed by atoms with Crippen molar-refractivity contribution in [3.63, 3.8) is 0 Å². The molecule has 4 aliphatic rings. The Morgan fingerprint density at radius 1 is 0.923 bits per heavy atom. The van der Waals surface area contributed by atoms with E-state index in [1.54, 1.807) is 12.3 Å². The second kappa shape index (κ2) is 9.56. The van der Waals surface area contributed by atoms with Gasteiger partial charge in [0.15, 0.2) is 0 Å². The molecule has 2 aliphatic heterocycles. The summed E-state index contributed by atoms with van der Waals surface area (Å²) >= 11 is 0. The maximum absolute atomic E-state index is 13.0. The standard InChI is InChI=1S/C32H35N5O2/c33-31(39)28-9-5-25(18-35-28)22-4-8-27-23(15-22)6-10-29(27)37-19-32(20-37)11-13-36(14-12-32)30(38)16-26-7-3-24(17-34-26)21-1-2-21/h3-5,7-9,15,17-18,21,29H,1-2,6,10-14,16,19-20H2,(H2,33,39). The predicted molar refractivity (Wildman–Crippen MR) is 149 cm³/mol. The lowest BCUT2D eigenvalue weighted by Gasteiger charge is -2.56. The van der Waals surface area contributed by atoms with E-state index in [-0.39, 0.29) is 11.6 Å². The van der Waals surface area contributed by atoms with Crippen molar-refractivity contribution in [3.8, 4) is 11.1 Å². The second-order valence-electron chi connectivity index (χ2n) is 12.1. The number of aryl methyl sites for hydroxylation is 1. The predicted octanol–water partition coefficient (Wildman–Crippen LogP) is 4.27. The molecule has 2 aromatic heterocycles. The highest BCUT2D eigenvalue weighted by Crippen LogP contribution is 2.48. The number of rotatable bonds is 6. The quantitative estimate of drug-likeness (QED) is 0.523. The van der Waals surface area contributed by atoms with Crippen LogP contribution < -0.4 is 5.73 Å². The molecule has 3 fully saturated rings. The first-order valence-electron chi connectivity index (χ1n) is 14.3. The van der Waals surface area contributed by atoms with Crippen LogP contribution in [0.2, 0.25) is 0 Å². The molecule has 1 spiro atoms. The molecule has 0 bridgehead atoms. The number of pyridine rings is 2. The van der Waals surface area contributed by atoms with Gasteiger partial charge >= 0.3 is 0 Å². The van der Waals surface area contributed by atoms with E-state index in [4.69, 9.17) is 5.73 Å². The first kappa shape index (κ1) is 24.5. The number of carbonyl (C=O) groups is 2. The monoisotopic (exact) mass is 521 g/mol. The molecule has 7 rings (SSSR count). The maximum Gasteiger partial charge on any atom is 0.267 e. The average Bonchev–Trinajstić information content (AvgIpc) is 3.71. The Kier molecular flexibility index (Phi) is 5.99. The zero-order chi connectivity index (χ0) is 26.6. The molecular weight excluding hydrogens is 486 g/mol. The Bertz CT molecular complexity index is 1400. The van der Waals surface area contributed by atoms with E-state index < -0.39 is 5.91 Å². The second-order valence-corrected chi connectivity index (χ2v) is 12.1. The number of likely N-dealkylation sites (tertiary alicyclic amines) is 2. The molecule has 7 nitrogen and oxygen atoms in total. The van der Waals surface area contributed by atoms with Crippen LogP contribution in [-0.4, -0.2) is 57.8 Å². The van der Waals surface area contributed by atoms with Crippen molar-refractivity contribution in [2.75, 3.05) is 26.2 Å². The number of nitrogens with zero attached hydrogens (tertiary/aromatic N) is 4. The minimum atomic E-state index is -0.505. The van der Waals surface area contributed by atoms with Gasteiger partial charge in [-0.2, -0.15) is 0 Å². The summed E-state index contributed by atoms with van der Waals surface area (Å²) in [6, 6.07) is 15.0. The summed E-state index contributed by atoms with van der Waals surface area (Å²) in [4.78, 5) is 37.7. The molecule has 2 aliphatic carbocycles. The topological polar surface area (TPSA) is 92.4 Å². The number of hydrogen-bond acceptors (Lipinski definition) is 5. The van der Waals surface area contributed by atoms with E-state index in [9.17, 15) is 9.59 Å². The Morgan fingerprint density at radius 3 is 2.38 bits per heavy atom. The molecule has 2 amide bonds. The minimum absolute atomic E-state index is 0.215. The molecule has 7 heteroatoms. The number of benzene rings is 1. The number of carbonyl (C=O) groups excluding carboxylic acids is 2. The Labute approximate surface area is 229 Å². The number of hydrogen-bond donors (Lipinski definition) is 1. The summed E-state index contributed by atoms with van der Waals surface area (Å²) in [6.45, 7) is 3.98. The third-order valence-electron chi connectivity index (χ3n) is 9.46. The molecule has 3 aromatic rings. The molecule has 1 saturated carbocycles. The van der Waals surface area contributed by atoms with E-state index in [1.165, 1.54) is 29.5 Å². The molecule has 4 heterocycles. The highest BCUT2D eigenvalue weighted by Gasteiger charge is 2.48. The number of piperidine rings is 1. The van der Waals surface area contributed by atoms with Crippen LogP contribution in [-0.2, 0) is 17.6 Å². The largest absolute Gasteiger partial charge is 0.364 e. The number of nitrogens with two attached hydrogens (primary N) is 1. The van der Waals surface area contributed by atoms with Crippen LogP contribution in [0.4, 0.5) is 0 Å². The van der Waals surface area contributed by atoms with Gasteiger partial charge in [-0.15, -0.1) is 0 Å². The number of primary amides is 1. The lowest BCUT2D eigenvalue weighted by molar-refractivity contribution is -0.136. The molecule has 2 saturated heterocycles. The van der Waals surface area contributed by atoms with Crippen molar-refractivity contribution in [1.82, 2.24) is 19.8 Å². The minimum Gasteiger partial charge on any atom is -0.364 e. The van der Waals surface area contributed by atoms with Crippen LogP contribution in [0.5, 0.6) is 0 Å². The van der Waals surface area contributed by atoms with Gasteiger partial charge in [0, 0.05) is 55.9 Å². The Hall–Kier alpha value is -3.58. The molecule has 1 atom stereocenters. The summed E-state index contributed by atoms with van der Waals surface area (Å²) in [5.41, 5.74) is 13.2. The van der Waals surface area contributed by atoms with Gasteiger partial charge in [0.2, 0.25) is 5.91 Å². The molecule has 0 radical (unpaired) electrons. The van der Waals surface area contributed by atoms with Crippen molar-refractivity contribution < 1.29 is 9.59 Å². The first-order valence-corrected chi connectivity index (χ1v) is 14.3. The normalized spacial score (nSPS) is 21.9. The summed E-state index contributed by atoms with van der Waals surface area (Å²) in [6.07, 6.45) is 11.1.